The molecule has 20 heavy (non-hydrogen) atoms. The molecule has 0 aliphatic carbocycles. The van der Waals surface area contributed by atoms with Crippen LogP contribution in [0.2, 0.25) is 0 Å². The fourth-order valence-corrected chi connectivity index (χ4v) is 2.94. The quantitative estimate of drug-likeness (QED) is 0.848. The summed E-state index contributed by atoms with van der Waals surface area (Å²) >= 11 is 0. The Labute approximate surface area is 118 Å². The summed E-state index contributed by atoms with van der Waals surface area (Å²) in [6, 6.07) is 11.4. The highest BCUT2D eigenvalue weighted by atomic mass is 32.2. The molecule has 0 unspecified atom stereocenters. The second kappa shape index (κ2) is 5.42. The maximum atomic E-state index is 12.3. The number of hydrogen-bond acceptors (Lipinski definition) is 4. The zero-order valence-corrected chi connectivity index (χ0v) is 12.1. The summed E-state index contributed by atoms with van der Waals surface area (Å²) in [5, 5.41) is 0. The van der Waals surface area contributed by atoms with E-state index in [1.165, 1.54) is 13.2 Å². The summed E-state index contributed by atoms with van der Waals surface area (Å²) in [6.07, 6.45) is 0. The van der Waals surface area contributed by atoms with Gasteiger partial charge in [-0.25, -0.2) is 8.42 Å². The second-order valence-corrected chi connectivity index (χ2v) is 6.06. The molecule has 0 bridgehead atoms. The molecule has 0 saturated carbocycles. The first kappa shape index (κ1) is 14.2. The summed E-state index contributed by atoms with van der Waals surface area (Å²) in [5.74, 6) is 0.570. The standard InChI is InChI=1S/C14H16N2O3S/c1-10-4-3-5-12(8-10)20(17,18)16-14-7-6-11(19-2)9-13(14)15/h3-9,16H,15H2,1-2H3. The van der Waals surface area contributed by atoms with Crippen molar-refractivity contribution in [3.63, 3.8) is 0 Å². The Kier molecular flexibility index (Phi) is 3.85. The molecule has 0 heterocycles. The Hall–Kier alpha value is -2.21. The van der Waals surface area contributed by atoms with Crippen LogP contribution < -0.4 is 15.2 Å². The minimum Gasteiger partial charge on any atom is -0.497 e. The molecule has 3 N–H and O–H groups in total. The fourth-order valence-electron chi connectivity index (χ4n) is 1.75. The Morgan fingerprint density at radius 3 is 2.50 bits per heavy atom. The third-order valence-electron chi connectivity index (χ3n) is 2.80. The molecule has 2 rings (SSSR count). The first-order valence-corrected chi connectivity index (χ1v) is 7.44. The van der Waals surface area contributed by atoms with Crippen molar-refractivity contribution in [1.29, 1.82) is 0 Å². The number of nitrogens with one attached hydrogen (secondary N) is 1. The number of hydrogen-bond donors (Lipinski definition) is 2. The van der Waals surface area contributed by atoms with Crippen molar-refractivity contribution in [1.82, 2.24) is 0 Å². The zero-order chi connectivity index (χ0) is 14.8. The van der Waals surface area contributed by atoms with Crippen LogP contribution in [0.1, 0.15) is 5.56 Å². The summed E-state index contributed by atoms with van der Waals surface area (Å²) in [6.45, 7) is 1.83. The van der Waals surface area contributed by atoms with Gasteiger partial charge in [0.15, 0.2) is 0 Å². The van der Waals surface area contributed by atoms with Gasteiger partial charge in [0.25, 0.3) is 10.0 Å². The lowest BCUT2D eigenvalue weighted by Gasteiger charge is -2.11. The van der Waals surface area contributed by atoms with Crippen LogP contribution in [0.3, 0.4) is 0 Å². The number of anilines is 2. The van der Waals surface area contributed by atoms with E-state index < -0.39 is 10.0 Å². The van der Waals surface area contributed by atoms with Crippen LogP contribution in [0.4, 0.5) is 11.4 Å². The molecule has 0 aliphatic rings. The first-order chi connectivity index (χ1) is 9.42. The van der Waals surface area contributed by atoms with Crippen LogP contribution in [-0.2, 0) is 10.0 Å². The van der Waals surface area contributed by atoms with E-state index >= 15 is 0 Å². The normalized spacial score (nSPS) is 11.1. The summed E-state index contributed by atoms with van der Waals surface area (Å²) in [5.41, 5.74) is 7.31. The van der Waals surface area contributed by atoms with Gasteiger partial charge in [-0.15, -0.1) is 0 Å². The van der Waals surface area contributed by atoms with Crippen molar-refractivity contribution < 1.29 is 13.2 Å². The SMILES string of the molecule is COc1ccc(NS(=O)(=O)c2cccc(C)c2)c(N)c1. The Balaban J connectivity index is 2.33. The van der Waals surface area contributed by atoms with Crippen molar-refractivity contribution >= 4 is 21.4 Å². The number of nitrogens with two attached hydrogens (primary N) is 1. The smallest absolute Gasteiger partial charge is 0.261 e. The van der Waals surface area contributed by atoms with Gasteiger partial charge in [-0.05, 0) is 36.8 Å². The molecule has 0 amide bonds. The molecule has 0 atom stereocenters. The Bertz CT molecular complexity index is 727. The third kappa shape index (κ3) is 3.03. The van der Waals surface area contributed by atoms with Crippen LogP contribution in [0.15, 0.2) is 47.4 Å². The van der Waals surface area contributed by atoms with Crippen LogP contribution in [-0.4, -0.2) is 15.5 Å². The molecule has 0 saturated heterocycles. The number of benzene rings is 2. The minimum atomic E-state index is -3.65. The Morgan fingerprint density at radius 2 is 1.90 bits per heavy atom. The predicted octanol–water partition coefficient (Wildman–Crippen LogP) is 2.39. The monoisotopic (exact) mass is 292 g/mol. The molecule has 0 radical (unpaired) electrons. The molecule has 6 heteroatoms. The molecule has 0 fully saturated rings. The second-order valence-electron chi connectivity index (χ2n) is 4.38. The number of rotatable bonds is 4. The fraction of sp³-hybridized carbons (Fsp3) is 0.143. The molecule has 0 spiro atoms. The first-order valence-electron chi connectivity index (χ1n) is 5.95. The molecule has 0 aliphatic heterocycles. The highest BCUT2D eigenvalue weighted by Crippen LogP contribution is 2.26. The molecular weight excluding hydrogens is 276 g/mol. The summed E-state index contributed by atoms with van der Waals surface area (Å²) in [4.78, 5) is 0.202. The van der Waals surface area contributed by atoms with Crippen LogP contribution >= 0.6 is 0 Å². The molecule has 2 aromatic rings. The minimum absolute atomic E-state index is 0.202. The maximum Gasteiger partial charge on any atom is 0.261 e. The molecule has 2 aromatic carbocycles. The summed E-state index contributed by atoms with van der Waals surface area (Å²) in [7, 11) is -2.13. The number of nitrogen functional groups attached to an aromatic ring is 1. The van der Waals surface area contributed by atoms with Gasteiger partial charge in [0.2, 0.25) is 0 Å². The van der Waals surface area contributed by atoms with Gasteiger partial charge < -0.3 is 10.5 Å². The molecule has 0 aromatic heterocycles. The van der Waals surface area contributed by atoms with E-state index in [0.29, 0.717) is 17.1 Å². The topological polar surface area (TPSA) is 81.4 Å². The van der Waals surface area contributed by atoms with Gasteiger partial charge in [0.1, 0.15) is 5.75 Å². The van der Waals surface area contributed by atoms with Crippen molar-refractivity contribution in [3.05, 3.63) is 48.0 Å². The lowest BCUT2D eigenvalue weighted by atomic mass is 10.2. The largest absolute Gasteiger partial charge is 0.497 e. The molecule has 106 valence electrons. The highest BCUT2D eigenvalue weighted by molar-refractivity contribution is 7.92. The average molecular weight is 292 g/mol. The van der Waals surface area contributed by atoms with E-state index in [2.05, 4.69) is 4.72 Å². The van der Waals surface area contributed by atoms with Crippen LogP contribution in [0.25, 0.3) is 0 Å². The van der Waals surface area contributed by atoms with E-state index in [0.717, 1.165) is 5.56 Å². The lowest BCUT2D eigenvalue weighted by molar-refractivity contribution is 0.415. The van der Waals surface area contributed by atoms with E-state index in [-0.39, 0.29) is 4.90 Å². The Morgan fingerprint density at radius 1 is 1.15 bits per heavy atom. The van der Waals surface area contributed by atoms with Gasteiger partial charge in [0.05, 0.1) is 23.4 Å². The van der Waals surface area contributed by atoms with Gasteiger partial charge in [-0.1, -0.05) is 12.1 Å². The lowest BCUT2D eigenvalue weighted by Crippen LogP contribution is -2.14. The summed E-state index contributed by atoms with van der Waals surface area (Å²) < 4.78 is 32.0. The third-order valence-corrected chi connectivity index (χ3v) is 4.17. The van der Waals surface area contributed by atoms with E-state index in [4.69, 9.17) is 10.5 Å². The van der Waals surface area contributed by atoms with Crippen molar-refractivity contribution in [3.8, 4) is 5.75 Å². The van der Waals surface area contributed by atoms with Crippen LogP contribution in [0, 0.1) is 6.92 Å². The van der Waals surface area contributed by atoms with E-state index in [1.54, 1.807) is 30.3 Å². The molecular formula is C14H16N2O3S. The van der Waals surface area contributed by atoms with Gasteiger partial charge in [-0.2, -0.15) is 0 Å². The average Bonchev–Trinajstić information content (AvgIpc) is 2.41. The maximum absolute atomic E-state index is 12.3. The van der Waals surface area contributed by atoms with Gasteiger partial charge in [-0.3, -0.25) is 4.72 Å². The zero-order valence-electron chi connectivity index (χ0n) is 11.3. The number of methoxy groups -OCH3 is 1. The molecule has 5 nitrogen and oxygen atoms in total. The van der Waals surface area contributed by atoms with Crippen molar-refractivity contribution in [2.45, 2.75) is 11.8 Å². The van der Waals surface area contributed by atoms with Crippen molar-refractivity contribution in [2.24, 2.45) is 0 Å². The van der Waals surface area contributed by atoms with Crippen molar-refractivity contribution in [2.75, 3.05) is 17.6 Å². The number of ether oxygens (including phenoxy) is 1. The van der Waals surface area contributed by atoms with E-state index in [9.17, 15) is 8.42 Å². The van der Waals surface area contributed by atoms with Gasteiger partial charge in [0, 0.05) is 6.07 Å². The van der Waals surface area contributed by atoms with Gasteiger partial charge >= 0.3 is 0 Å². The van der Waals surface area contributed by atoms with E-state index in [1.807, 2.05) is 13.0 Å². The number of aryl methyl sites for hydroxylation is 1. The van der Waals surface area contributed by atoms with Crippen LogP contribution in [0.5, 0.6) is 5.75 Å². The predicted molar refractivity (Wildman–Crippen MR) is 79.4 cm³/mol. The highest BCUT2D eigenvalue weighted by Gasteiger charge is 2.15. The number of sulfonamides is 1.